The van der Waals surface area contributed by atoms with E-state index >= 15 is 0 Å². The van der Waals surface area contributed by atoms with Crippen molar-refractivity contribution < 1.29 is 27.1 Å². The van der Waals surface area contributed by atoms with Crippen molar-refractivity contribution >= 4 is 21.6 Å². The molecule has 0 bridgehead atoms. The lowest BCUT2D eigenvalue weighted by molar-refractivity contribution is -0.119. The molecule has 0 aliphatic rings. The number of benzene rings is 2. The maximum atomic E-state index is 13.7. The average Bonchev–Trinajstić information content (AvgIpc) is 3.30. The molecule has 0 aliphatic carbocycles. The largest absolute Gasteiger partial charge is 0.495 e. The molecule has 32 heavy (non-hydrogen) atoms. The molecule has 1 N–H and O–H groups in total. The number of hydrogen-bond donors (Lipinski definition) is 1. The minimum Gasteiger partial charge on any atom is -0.495 e. The third-order valence-electron chi connectivity index (χ3n) is 4.65. The lowest BCUT2D eigenvalue weighted by Crippen LogP contribution is -2.40. The summed E-state index contributed by atoms with van der Waals surface area (Å²) >= 11 is 0. The van der Waals surface area contributed by atoms with Crippen molar-refractivity contribution in [1.29, 1.82) is 0 Å². The van der Waals surface area contributed by atoms with Crippen molar-refractivity contribution in [2.24, 2.45) is 0 Å². The summed E-state index contributed by atoms with van der Waals surface area (Å²) in [7, 11) is -2.72. The van der Waals surface area contributed by atoms with Gasteiger partial charge in [0.2, 0.25) is 5.91 Å². The number of hydrogen-bond acceptors (Lipinski definition) is 6. The zero-order valence-corrected chi connectivity index (χ0v) is 19.0. The Kier molecular flexibility index (Phi) is 7.42. The molecule has 0 aliphatic heterocycles. The smallest absolute Gasteiger partial charge is 0.268 e. The number of carbonyl (C=O) groups excluding carboxylic acids is 1. The highest BCUT2D eigenvalue weighted by Crippen LogP contribution is 2.31. The van der Waals surface area contributed by atoms with Gasteiger partial charge < -0.3 is 19.2 Å². The van der Waals surface area contributed by atoms with Gasteiger partial charge in [-0.2, -0.15) is 0 Å². The van der Waals surface area contributed by atoms with Crippen LogP contribution in [-0.4, -0.2) is 34.6 Å². The van der Waals surface area contributed by atoms with Crippen LogP contribution in [0.5, 0.6) is 11.5 Å². The lowest BCUT2D eigenvalue weighted by Gasteiger charge is -2.25. The van der Waals surface area contributed by atoms with E-state index in [4.69, 9.17) is 13.9 Å². The van der Waals surface area contributed by atoms with E-state index in [1.54, 1.807) is 55.5 Å². The van der Waals surface area contributed by atoms with Crippen LogP contribution in [0.25, 0.3) is 0 Å². The van der Waals surface area contributed by atoms with E-state index in [9.17, 15) is 13.2 Å². The zero-order valence-electron chi connectivity index (χ0n) is 18.2. The normalized spacial score (nSPS) is 11.1. The molecular weight excluding hydrogens is 432 g/mol. The number of methoxy groups -OCH3 is 1. The second kappa shape index (κ2) is 10.2. The quantitative estimate of drug-likeness (QED) is 0.499. The number of aryl methyl sites for hydroxylation is 1. The number of ether oxygens (including phenoxy) is 2. The van der Waals surface area contributed by atoms with Crippen LogP contribution in [0.3, 0.4) is 0 Å². The molecular formula is C23H26N2O6S. The Morgan fingerprint density at radius 1 is 1.12 bits per heavy atom. The summed E-state index contributed by atoms with van der Waals surface area (Å²) in [5.74, 6) is 0.881. The first-order chi connectivity index (χ1) is 15.3. The van der Waals surface area contributed by atoms with Crippen molar-refractivity contribution in [3.8, 4) is 11.5 Å². The first-order valence-corrected chi connectivity index (χ1v) is 11.5. The van der Waals surface area contributed by atoms with Gasteiger partial charge in [0.15, 0.2) is 0 Å². The maximum Gasteiger partial charge on any atom is 0.268 e. The standard InChI is InChI=1S/C23H26N2O6S/c1-4-30-19-10-8-18(9-11-19)25(16-23(26)24-15-20-6-5-13-31-20)32(27,28)22-14-17(2)7-12-21(22)29-3/h5-14H,4,15-16H2,1-3H3,(H,24,26). The van der Waals surface area contributed by atoms with Gasteiger partial charge in [0.25, 0.3) is 10.0 Å². The van der Waals surface area contributed by atoms with Crippen molar-refractivity contribution in [2.75, 3.05) is 24.6 Å². The SMILES string of the molecule is CCOc1ccc(N(CC(=O)NCc2ccco2)S(=O)(=O)c2cc(C)ccc2OC)cc1. The van der Waals surface area contributed by atoms with Crippen molar-refractivity contribution in [2.45, 2.75) is 25.3 Å². The van der Waals surface area contributed by atoms with Crippen molar-refractivity contribution in [3.63, 3.8) is 0 Å². The molecule has 9 heteroatoms. The molecule has 0 unspecified atom stereocenters. The van der Waals surface area contributed by atoms with Gasteiger partial charge in [-0.3, -0.25) is 9.10 Å². The topological polar surface area (TPSA) is 98.1 Å². The van der Waals surface area contributed by atoms with E-state index in [1.807, 2.05) is 6.92 Å². The van der Waals surface area contributed by atoms with Crippen LogP contribution in [0.2, 0.25) is 0 Å². The van der Waals surface area contributed by atoms with E-state index in [-0.39, 0.29) is 17.2 Å². The molecule has 0 atom stereocenters. The van der Waals surface area contributed by atoms with E-state index in [1.165, 1.54) is 19.4 Å². The molecule has 1 aromatic heterocycles. The van der Waals surface area contributed by atoms with E-state index in [0.717, 1.165) is 9.87 Å². The average molecular weight is 459 g/mol. The second-order valence-electron chi connectivity index (χ2n) is 6.95. The van der Waals surface area contributed by atoms with Gasteiger partial charge >= 0.3 is 0 Å². The third kappa shape index (κ3) is 5.42. The number of furan rings is 1. The summed E-state index contributed by atoms with van der Waals surface area (Å²) < 4.78 is 44.3. The van der Waals surface area contributed by atoms with Gasteiger partial charge in [-0.15, -0.1) is 0 Å². The molecule has 1 amide bonds. The first kappa shape index (κ1) is 23.2. The van der Waals surface area contributed by atoms with E-state index in [0.29, 0.717) is 23.8 Å². The predicted octanol–water partition coefficient (Wildman–Crippen LogP) is 3.51. The number of carbonyl (C=O) groups is 1. The summed E-state index contributed by atoms with van der Waals surface area (Å²) in [6.07, 6.45) is 1.50. The highest BCUT2D eigenvalue weighted by molar-refractivity contribution is 7.93. The van der Waals surface area contributed by atoms with E-state index in [2.05, 4.69) is 5.32 Å². The number of anilines is 1. The summed E-state index contributed by atoms with van der Waals surface area (Å²) in [5, 5.41) is 2.69. The summed E-state index contributed by atoms with van der Waals surface area (Å²) in [5.41, 5.74) is 1.07. The molecule has 3 rings (SSSR count). The minimum absolute atomic E-state index is 0.0206. The second-order valence-corrected chi connectivity index (χ2v) is 8.78. The fourth-order valence-corrected chi connectivity index (χ4v) is 4.74. The summed E-state index contributed by atoms with van der Waals surface area (Å²) in [6.45, 7) is 3.86. The first-order valence-electron chi connectivity index (χ1n) is 10.0. The zero-order chi connectivity index (χ0) is 23.1. The van der Waals surface area contributed by atoms with Crippen molar-refractivity contribution in [3.05, 3.63) is 72.2 Å². The van der Waals surface area contributed by atoms with Crippen LogP contribution >= 0.6 is 0 Å². The van der Waals surface area contributed by atoms with Crippen LogP contribution in [0.15, 0.2) is 70.2 Å². The van der Waals surface area contributed by atoms with Gasteiger partial charge in [-0.05, 0) is 67.9 Å². The molecule has 3 aromatic rings. The third-order valence-corrected chi connectivity index (χ3v) is 6.45. The van der Waals surface area contributed by atoms with Gasteiger partial charge in [-0.25, -0.2) is 8.42 Å². The Balaban J connectivity index is 1.95. The fraction of sp³-hybridized carbons (Fsp3) is 0.261. The molecule has 2 aromatic carbocycles. The number of nitrogens with one attached hydrogen (secondary N) is 1. The number of sulfonamides is 1. The lowest BCUT2D eigenvalue weighted by atomic mass is 10.2. The fourth-order valence-electron chi connectivity index (χ4n) is 3.08. The van der Waals surface area contributed by atoms with Crippen LogP contribution < -0.4 is 19.1 Å². The molecule has 1 heterocycles. The number of rotatable bonds is 10. The van der Waals surface area contributed by atoms with Crippen LogP contribution in [0.4, 0.5) is 5.69 Å². The van der Waals surface area contributed by atoms with Gasteiger partial charge in [0, 0.05) is 0 Å². The monoisotopic (exact) mass is 458 g/mol. The molecule has 170 valence electrons. The van der Waals surface area contributed by atoms with Crippen LogP contribution in [0, 0.1) is 6.92 Å². The highest BCUT2D eigenvalue weighted by Gasteiger charge is 2.30. The maximum absolute atomic E-state index is 13.7. The van der Waals surface area contributed by atoms with Crippen LogP contribution in [0.1, 0.15) is 18.2 Å². The van der Waals surface area contributed by atoms with Crippen molar-refractivity contribution in [1.82, 2.24) is 5.32 Å². The molecule has 0 fully saturated rings. The van der Waals surface area contributed by atoms with Gasteiger partial charge in [0.1, 0.15) is 28.7 Å². The Morgan fingerprint density at radius 3 is 2.50 bits per heavy atom. The molecule has 0 saturated carbocycles. The molecule has 0 spiro atoms. The van der Waals surface area contributed by atoms with Crippen LogP contribution in [-0.2, 0) is 21.4 Å². The molecule has 0 saturated heterocycles. The Labute approximate surface area is 187 Å². The Hall–Kier alpha value is -3.46. The Bertz CT molecular complexity index is 1140. The number of amides is 1. The van der Waals surface area contributed by atoms with Gasteiger partial charge in [0.05, 0.1) is 32.2 Å². The van der Waals surface area contributed by atoms with E-state index < -0.39 is 22.5 Å². The Morgan fingerprint density at radius 2 is 1.88 bits per heavy atom. The predicted molar refractivity (Wildman–Crippen MR) is 120 cm³/mol. The highest BCUT2D eigenvalue weighted by atomic mass is 32.2. The minimum atomic E-state index is -4.13. The number of nitrogens with zero attached hydrogens (tertiary/aromatic N) is 1. The molecule has 0 radical (unpaired) electrons. The summed E-state index contributed by atoms with van der Waals surface area (Å²) in [6, 6.07) is 14.8. The molecule has 8 nitrogen and oxygen atoms in total. The summed E-state index contributed by atoms with van der Waals surface area (Å²) in [4.78, 5) is 12.7. The van der Waals surface area contributed by atoms with Gasteiger partial charge in [-0.1, -0.05) is 6.07 Å².